The van der Waals surface area contributed by atoms with Crippen LogP contribution in [0.5, 0.6) is 0 Å². The van der Waals surface area contributed by atoms with Crippen molar-refractivity contribution in [1.82, 2.24) is 15.2 Å². The monoisotopic (exact) mass is 341 g/mol. The van der Waals surface area contributed by atoms with Crippen LogP contribution in [0.4, 0.5) is 0 Å². The van der Waals surface area contributed by atoms with Crippen LogP contribution in [0.25, 0.3) is 10.9 Å². The number of H-pyrrole nitrogens is 1. The van der Waals surface area contributed by atoms with Crippen LogP contribution >= 0.6 is 0 Å². The van der Waals surface area contributed by atoms with E-state index in [0.717, 1.165) is 30.6 Å². The maximum atomic E-state index is 12.7. The van der Waals surface area contributed by atoms with Crippen molar-refractivity contribution in [2.24, 2.45) is 0 Å². The highest BCUT2D eigenvalue weighted by Gasteiger charge is 2.19. The summed E-state index contributed by atoms with van der Waals surface area (Å²) in [6, 6.07) is 6.63. The van der Waals surface area contributed by atoms with Gasteiger partial charge in [0.05, 0.1) is 6.42 Å². The van der Waals surface area contributed by atoms with E-state index in [0.29, 0.717) is 6.42 Å². The first-order valence-electron chi connectivity index (χ1n) is 9.73. The predicted octanol–water partition coefficient (Wildman–Crippen LogP) is 3.57. The van der Waals surface area contributed by atoms with Crippen LogP contribution in [0.15, 0.2) is 18.2 Å². The summed E-state index contributed by atoms with van der Waals surface area (Å²) in [5, 5.41) is 4.45. The average Bonchev–Trinajstić information content (AvgIpc) is 3.22. The second-order valence-corrected chi connectivity index (χ2v) is 7.28. The van der Waals surface area contributed by atoms with Crippen molar-refractivity contribution in [1.29, 1.82) is 0 Å². The molecule has 1 aliphatic heterocycles. The Kier molecular flexibility index (Phi) is 5.79. The van der Waals surface area contributed by atoms with Gasteiger partial charge in [0.15, 0.2) is 0 Å². The number of carbonyl (C=O) groups excluding carboxylic acids is 1. The van der Waals surface area contributed by atoms with Crippen molar-refractivity contribution < 1.29 is 4.79 Å². The third-order valence-corrected chi connectivity index (χ3v) is 5.49. The van der Waals surface area contributed by atoms with E-state index in [1.807, 2.05) is 0 Å². The summed E-state index contributed by atoms with van der Waals surface area (Å²) < 4.78 is 0. The average molecular weight is 341 g/mol. The molecule has 0 unspecified atom stereocenters. The molecule has 1 aromatic carbocycles. The number of para-hydroxylation sites is 1. The summed E-state index contributed by atoms with van der Waals surface area (Å²) in [5.41, 5.74) is 4.75. The van der Waals surface area contributed by atoms with Crippen LogP contribution in [0.2, 0.25) is 0 Å². The molecule has 0 saturated carbocycles. The number of aromatic amines is 1. The smallest absolute Gasteiger partial charge is 0.224 e. The minimum atomic E-state index is 0.136. The summed E-state index contributed by atoms with van der Waals surface area (Å²) in [6.07, 6.45) is 5.01. The van der Waals surface area contributed by atoms with Gasteiger partial charge in [0.2, 0.25) is 5.91 Å². The third-order valence-electron chi connectivity index (χ3n) is 5.49. The number of hydrogen-bond acceptors (Lipinski definition) is 2. The zero-order valence-corrected chi connectivity index (χ0v) is 15.8. The lowest BCUT2D eigenvalue weighted by molar-refractivity contribution is -0.121. The van der Waals surface area contributed by atoms with E-state index in [1.54, 1.807) is 0 Å². The van der Waals surface area contributed by atoms with Crippen molar-refractivity contribution >= 4 is 16.8 Å². The van der Waals surface area contributed by atoms with Crippen LogP contribution in [0.1, 0.15) is 49.9 Å². The van der Waals surface area contributed by atoms with Gasteiger partial charge in [0.1, 0.15) is 0 Å². The molecule has 1 amide bonds. The number of amides is 1. The van der Waals surface area contributed by atoms with Crippen molar-refractivity contribution in [2.45, 2.75) is 58.9 Å². The summed E-state index contributed by atoms with van der Waals surface area (Å²) in [5.74, 6) is 0.136. The zero-order valence-electron chi connectivity index (χ0n) is 15.8. The molecule has 1 fully saturated rings. The zero-order chi connectivity index (χ0) is 17.8. The van der Waals surface area contributed by atoms with Crippen molar-refractivity contribution in [3.8, 4) is 0 Å². The van der Waals surface area contributed by atoms with Gasteiger partial charge in [0, 0.05) is 29.2 Å². The Morgan fingerprint density at radius 2 is 2.04 bits per heavy atom. The molecule has 2 heterocycles. The van der Waals surface area contributed by atoms with Gasteiger partial charge in [-0.15, -0.1) is 0 Å². The lowest BCUT2D eigenvalue weighted by Crippen LogP contribution is -2.43. The Balaban J connectivity index is 1.69. The molecular weight excluding hydrogens is 310 g/mol. The number of aryl methyl sites for hydroxylation is 2. The first-order valence-corrected chi connectivity index (χ1v) is 9.73. The Bertz CT molecular complexity index is 728. The Labute approximate surface area is 151 Å². The number of fused-ring (bicyclic) bond motifs is 1. The van der Waals surface area contributed by atoms with Gasteiger partial charge in [-0.05, 0) is 56.8 Å². The molecule has 1 aliphatic rings. The highest BCUT2D eigenvalue weighted by atomic mass is 16.1. The highest BCUT2D eigenvalue weighted by molar-refractivity contribution is 5.91. The number of nitrogens with one attached hydrogen (secondary N) is 2. The molecule has 1 aromatic heterocycles. The SMILES string of the molecule is CCc1cccc2c(CC(=O)N[C@H](CC)CN3CCCC3)c(C)[nH]c12. The normalized spacial score (nSPS) is 16.4. The Morgan fingerprint density at radius 1 is 1.28 bits per heavy atom. The molecule has 2 aromatic rings. The van der Waals surface area contributed by atoms with Crippen LogP contribution in [0, 0.1) is 6.92 Å². The Hall–Kier alpha value is -1.81. The van der Waals surface area contributed by atoms with E-state index >= 15 is 0 Å². The molecule has 0 aliphatic carbocycles. The molecular formula is C21H31N3O. The fraction of sp³-hybridized carbons (Fsp3) is 0.571. The van der Waals surface area contributed by atoms with Gasteiger partial charge in [0.25, 0.3) is 0 Å². The lowest BCUT2D eigenvalue weighted by atomic mass is 10.0. The second kappa shape index (κ2) is 8.05. The lowest BCUT2D eigenvalue weighted by Gasteiger charge is -2.23. The van der Waals surface area contributed by atoms with Gasteiger partial charge in [-0.3, -0.25) is 4.79 Å². The quantitative estimate of drug-likeness (QED) is 0.809. The van der Waals surface area contributed by atoms with Crippen molar-refractivity contribution in [3.05, 3.63) is 35.0 Å². The number of rotatable bonds is 7. The first kappa shape index (κ1) is 18.0. The maximum absolute atomic E-state index is 12.7. The van der Waals surface area contributed by atoms with Gasteiger partial charge in [-0.25, -0.2) is 0 Å². The predicted molar refractivity (Wildman–Crippen MR) is 104 cm³/mol. The largest absolute Gasteiger partial charge is 0.358 e. The number of benzene rings is 1. The number of nitrogens with zero attached hydrogens (tertiary/aromatic N) is 1. The van der Waals surface area contributed by atoms with Crippen molar-refractivity contribution in [2.75, 3.05) is 19.6 Å². The maximum Gasteiger partial charge on any atom is 0.224 e. The second-order valence-electron chi connectivity index (χ2n) is 7.28. The van der Waals surface area contributed by atoms with E-state index in [2.05, 4.69) is 54.2 Å². The van der Waals surface area contributed by atoms with Crippen LogP contribution in [-0.2, 0) is 17.6 Å². The topological polar surface area (TPSA) is 48.1 Å². The van der Waals surface area contributed by atoms with E-state index in [4.69, 9.17) is 0 Å². The standard InChI is InChI=1S/C21H31N3O/c1-4-16-9-8-10-18-19(15(3)22-21(16)18)13-20(25)23-17(5-2)14-24-11-6-7-12-24/h8-10,17,22H,4-7,11-14H2,1-3H3,(H,23,25)/t17-/m1/s1. The summed E-state index contributed by atoms with van der Waals surface area (Å²) in [7, 11) is 0. The summed E-state index contributed by atoms with van der Waals surface area (Å²) in [4.78, 5) is 18.6. The minimum absolute atomic E-state index is 0.136. The molecule has 2 N–H and O–H groups in total. The molecule has 4 nitrogen and oxygen atoms in total. The van der Waals surface area contributed by atoms with E-state index in [-0.39, 0.29) is 11.9 Å². The molecule has 25 heavy (non-hydrogen) atoms. The number of hydrogen-bond donors (Lipinski definition) is 2. The van der Waals surface area contributed by atoms with Gasteiger partial charge in [-0.2, -0.15) is 0 Å². The van der Waals surface area contributed by atoms with Crippen LogP contribution in [0.3, 0.4) is 0 Å². The molecule has 0 spiro atoms. The molecule has 4 heteroatoms. The highest BCUT2D eigenvalue weighted by Crippen LogP contribution is 2.26. The summed E-state index contributed by atoms with van der Waals surface area (Å²) in [6.45, 7) is 9.73. The molecule has 136 valence electrons. The first-order chi connectivity index (χ1) is 12.1. The van der Waals surface area contributed by atoms with E-state index in [9.17, 15) is 4.79 Å². The van der Waals surface area contributed by atoms with Gasteiger partial charge >= 0.3 is 0 Å². The minimum Gasteiger partial charge on any atom is -0.358 e. The Morgan fingerprint density at radius 3 is 2.72 bits per heavy atom. The van der Waals surface area contributed by atoms with Crippen molar-refractivity contribution in [3.63, 3.8) is 0 Å². The van der Waals surface area contributed by atoms with Gasteiger partial charge < -0.3 is 15.2 Å². The molecule has 1 saturated heterocycles. The van der Waals surface area contributed by atoms with Crippen LogP contribution in [-0.4, -0.2) is 41.5 Å². The molecule has 3 rings (SSSR count). The molecule has 0 bridgehead atoms. The summed E-state index contributed by atoms with van der Waals surface area (Å²) >= 11 is 0. The molecule has 1 atom stereocenters. The number of carbonyl (C=O) groups is 1. The number of aromatic nitrogens is 1. The molecule has 0 radical (unpaired) electrons. The fourth-order valence-electron chi connectivity index (χ4n) is 3.98. The van der Waals surface area contributed by atoms with E-state index in [1.165, 1.54) is 42.4 Å². The third kappa shape index (κ3) is 4.06. The van der Waals surface area contributed by atoms with Crippen LogP contribution < -0.4 is 5.32 Å². The van der Waals surface area contributed by atoms with Gasteiger partial charge in [-0.1, -0.05) is 32.0 Å². The fourth-order valence-corrected chi connectivity index (χ4v) is 3.98. The number of likely N-dealkylation sites (tertiary alicyclic amines) is 1. The van der Waals surface area contributed by atoms with E-state index < -0.39 is 0 Å².